The smallest absolute Gasteiger partial charge is 0.253 e. The molecule has 3 rings (SSSR count). The van der Waals surface area contributed by atoms with Crippen LogP contribution in [0.5, 0.6) is 0 Å². The third-order valence-electron chi connectivity index (χ3n) is 5.21. The van der Waals surface area contributed by atoms with Gasteiger partial charge in [-0.15, -0.1) is 0 Å². The van der Waals surface area contributed by atoms with Crippen molar-refractivity contribution < 1.29 is 14.4 Å². The highest BCUT2D eigenvalue weighted by Gasteiger charge is 2.38. The molecule has 6 heteroatoms. The van der Waals surface area contributed by atoms with Gasteiger partial charge in [0.15, 0.2) is 0 Å². The molecule has 2 aliphatic rings. The van der Waals surface area contributed by atoms with Crippen molar-refractivity contribution >= 4 is 23.4 Å². The van der Waals surface area contributed by atoms with Gasteiger partial charge in [-0.25, -0.2) is 0 Å². The summed E-state index contributed by atoms with van der Waals surface area (Å²) in [7, 11) is 0. The van der Waals surface area contributed by atoms with Crippen LogP contribution in [0.2, 0.25) is 0 Å². The molecule has 1 saturated carbocycles. The Morgan fingerprint density at radius 3 is 2.44 bits per heavy atom. The van der Waals surface area contributed by atoms with Crippen molar-refractivity contribution in [2.75, 3.05) is 11.9 Å². The summed E-state index contributed by atoms with van der Waals surface area (Å²) in [6.45, 7) is 6.21. The van der Waals surface area contributed by atoms with Crippen LogP contribution in [0.4, 0.5) is 5.69 Å². The van der Waals surface area contributed by atoms with Gasteiger partial charge in [0.2, 0.25) is 11.8 Å². The summed E-state index contributed by atoms with van der Waals surface area (Å²) in [5.74, 6) is -0.717. The number of carbonyl (C=O) groups is 3. The largest absolute Gasteiger partial charge is 0.347 e. The lowest BCUT2D eigenvalue weighted by Gasteiger charge is -2.24. The van der Waals surface area contributed by atoms with Crippen LogP contribution in [-0.4, -0.2) is 40.7 Å². The summed E-state index contributed by atoms with van der Waals surface area (Å²) in [5, 5.41) is 5.79. The first-order chi connectivity index (χ1) is 12.7. The molecule has 2 fully saturated rings. The monoisotopic (exact) mass is 371 g/mol. The fourth-order valence-corrected chi connectivity index (χ4v) is 3.91. The van der Waals surface area contributed by atoms with Crippen LogP contribution in [0.1, 0.15) is 63.2 Å². The Bertz CT molecular complexity index is 732. The fraction of sp³-hybridized carbons (Fsp3) is 0.571. The van der Waals surface area contributed by atoms with E-state index in [1.54, 1.807) is 24.3 Å². The molecular weight excluding hydrogens is 342 g/mol. The Balaban J connectivity index is 1.68. The van der Waals surface area contributed by atoms with Gasteiger partial charge in [0.25, 0.3) is 5.91 Å². The normalized spacial score (nSPS) is 20.8. The van der Waals surface area contributed by atoms with Gasteiger partial charge in [0, 0.05) is 24.5 Å². The van der Waals surface area contributed by atoms with E-state index in [2.05, 4.69) is 10.6 Å². The second-order valence-electron chi connectivity index (χ2n) is 8.62. The Kier molecular flexibility index (Phi) is 5.53. The average Bonchev–Trinajstić information content (AvgIpc) is 3.23. The molecule has 1 aliphatic heterocycles. The number of amides is 3. The lowest BCUT2D eigenvalue weighted by molar-refractivity contribution is -0.129. The highest BCUT2D eigenvalue weighted by molar-refractivity contribution is 6.05. The first-order valence-electron chi connectivity index (χ1n) is 9.76. The predicted octanol–water partition coefficient (Wildman–Crippen LogP) is 2.94. The maximum atomic E-state index is 12.8. The second-order valence-corrected chi connectivity index (χ2v) is 8.62. The van der Waals surface area contributed by atoms with Crippen molar-refractivity contribution in [3.63, 3.8) is 0 Å². The molecule has 0 radical (unpaired) electrons. The molecule has 1 aromatic carbocycles. The van der Waals surface area contributed by atoms with Crippen molar-refractivity contribution in [1.29, 1.82) is 0 Å². The van der Waals surface area contributed by atoms with Crippen molar-refractivity contribution in [3.05, 3.63) is 29.8 Å². The highest BCUT2D eigenvalue weighted by Crippen LogP contribution is 2.30. The topological polar surface area (TPSA) is 78.5 Å². The zero-order valence-corrected chi connectivity index (χ0v) is 16.4. The maximum Gasteiger partial charge on any atom is 0.253 e. The minimum Gasteiger partial charge on any atom is -0.347 e. The van der Waals surface area contributed by atoms with E-state index < -0.39 is 0 Å². The molecule has 0 spiro atoms. The molecule has 27 heavy (non-hydrogen) atoms. The SMILES string of the molecule is CC(C)(C)NC(=O)c1ccccc1NC(=O)C1CC(=O)N(C2CCCC2)C1. The summed E-state index contributed by atoms with van der Waals surface area (Å²) < 4.78 is 0. The standard InChI is InChI=1S/C21H29N3O3/c1-21(2,3)23-20(27)16-10-6-7-11-17(16)22-19(26)14-12-18(25)24(13-14)15-8-4-5-9-15/h6-7,10-11,14-15H,4-5,8-9,12-13H2,1-3H3,(H,22,26)(H,23,27). The zero-order valence-electron chi connectivity index (χ0n) is 16.4. The molecule has 1 saturated heterocycles. The first kappa shape index (κ1) is 19.4. The molecule has 2 N–H and O–H groups in total. The first-order valence-corrected chi connectivity index (χ1v) is 9.76. The number of benzene rings is 1. The van der Waals surface area contributed by atoms with Gasteiger partial charge in [0.1, 0.15) is 0 Å². The number of carbonyl (C=O) groups excluding carboxylic acids is 3. The average molecular weight is 371 g/mol. The molecule has 1 aliphatic carbocycles. The van der Waals surface area contributed by atoms with Crippen LogP contribution in [0.3, 0.4) is 0 Å². The quantitative estimate of drug-likeness (QED) is 0.854. The summed E-state index contributed by atoms with van der Waals surface area (Å²) in [5.41, 5.74) is 0.544. The number of likely N-dealkylation sites (tertiary alicyclic amines) is 1. The van der Waals surface area contributed by atoms with Gasteiger partial charge < -0.3 is 15.5 Å². The van der Waals surface area contributed by atoms with Gasteiger partial charge >= 0.3 is 0 Å². The third kappa shape index (κ3) is 4.67. The van der Waals surface area contributed by atoms with Crippen molar-refractivity contribution in [3.8, 4) is 0 Å². The number of nitrogens with one attached hydrogen (secondary N) is 2. The summed E-state index contributed by atoms with van der Waals surface area (Å²) in [6.07, 6.45) is 4.63. The van der Waals surface area contributed by atoms with Gasteiger partial charge in [0.05, 0.1) is 17.2 Å². The number of hydrogen-bond donors (Lipinski definition) is 2. The van der Waals surface area contributed by atoms with E-state index in [9.17, 15) is 14.4 Å². The minimum atomic E-state index is -0.367. The molecule has 3 amide bonds. The number of hydrogen-bond acceptors (Lipinski definition) is 3. The predicted molar refractivity (Wildman–Crippen MR) is 104 cm³/mol. The Hall–Kier alpha value is -2.37. The number of nitrogens with zero attached hydrogens (tertiary/aromatic N) is 1. The van der Waals surface area contributed by atoms with Gasteiger partial charge in [-0.1, -0.05) is 25.0 Å². The van der Waals surface area contributed by atoms with E-state index in [1.165, 1.54) is 0 Å². The molecule has 6 nitrogen and oxygen atoms in total. The van der Waals surface area contributed by atoms with Crippen LogP contribution in [-0.2, 0) is 9.59 Å². The van der Waals surface area contributed by atoms with Crippen molar-refractivity contribution in [2.24, 2.45) is 5.92 Å². The Morgan fingerprint density at radius 2 is 1.78 bits per heavy atom. The lowest BCUT2D eigenvalue weighted by Crippen LogP contribution is -2.41. The number of anilines is 1. The van der Waals surface area contributed by atoms with Gasteiger partial charge in [-0.3, -0.25) is 14.4 Å². The van der Waals surface area contributed by atoms with E-state index in [0.29, 0.717) is 23.8 Å². The lowest BCUT2D eigenvalue weighted by atomic mass is 10.1. The third-order valence-corrected chi connectivity index (χ3v) is 5.21. The molecule has 146 valence electrons. The summed E-state index contributed by atoms with van der Waals surface area (Å²) in [6, 6.07) is 7.27. The van der Waals surface area contributed by atoms with E-state index in [4.69, 9.17) is 0 Å². The van der Waals surface area contributed by atoms with Crippen LogP contribution in [0.25, 0.3) is 0 Å². The van der Waals surface area contributed by atoms with Gasteiger partial charge in [-0.05, 0) is 45.7 Å². The minimum absolute atomic E-state index is 0.0702. The van der Waals surface area contributed by atoms with Crippen molar-refractivity contribution in [2.45, 2.75) is 64.5 Å². The van der Waals surface area contributed by atoms with Crippen LogP contribution in [0.15, 0.2) is 24.3 Å². The number of rotatable bonds is 4. The Labute approximate surface area is 160 Å². The molecular formula is C21H29N3O3. The molecule has 0 bridgehead atoms. The summed E-state index contributed by atoms with van der Waals surface area (Å²) >= 11 is 0. The van der Waals surface area contributed by atoms with E-state index in [-0.39, 0.29) is 35.6 Å². The van der Waals surface area contributed by atoms with Crippen molar-refractivity contribution in [1.82, 2.24) is 10.2 Å². The molecule has 1 heterocycles. The maximum absolute atomic E-state index is 12.8. The van der Waals surface area contributed by atoms with E-state index >= 15 is 0 Å². The summed E-state index contributed by atoms with van der Waals surface area (Å²) in [4.78, 5) is 39.5. The van der Waals surface area contributed by atoms with Crippen LogP contribution < -0.4 is 10.6 Å². The number of para-hydroxylation sites is 1. The fourth-order valence-electron chi connectivity index (χ4n) is 3.91. The van der Waals surface area contributed by atoms with E-state index in [1.807, 2.05) is 25.7 Å². The molecule has 1 aromatic rings. The highest BCUT2D eigenvalue weighted by atomic mass is 16.2. The van der Waals surface area contributed by atoms with Crippen LogP contribution >= 0.6 is 0 Å². The van der Waals surface area contributed by atoms with Gasteiger partial charge in [-0.2, -0.15) is 0 Å². The van der Waals surface area contributed by atoms with E-state index in [0.717, 1.165) is 25.7 Å². The molecule has 1 unspecified atom stereocenters. The van der Waals surface area contributed by atoms with Crippen LogP contribution in [0, 0.1) is 5.92 Å². The Morgan fingerprint density at radius 1 is 1.11 bits per heavy atom. The zero-order chi connectivity index (χ0) is 19.6. The molecule has 0 aromatic heterocycles. The molecule has 1 atom stereocenters. The second kappa shape index (κ2) is 7.71.